The number of rotatable bonds is 0. The van der Waals surface area contributed by atoms with Crippen LogP contribution in [0.4, 0.5) is 17.6 Å². The number of hydrogen-bond acceptors (Lipinski definition) is 5. The molecule has 1 heterocycles. The first-order valence-corrected chi connectivity index (χ1v) is 4.01. The maximum absolute atomic E-state index is 5.70. The Morgan fingerprint density at radius 2 is 1.31 bits per heavy atom. The average molecular weight is 181 g/mol. The third kappa shape index (κ3) is 1.80. The Kier molecular flexibility index (Phi) is 2.03. The summed E-state index contributed by atoms with van der Waals surface area (Å²) in [5.41, 5.74) is 17.4. The number of nitrogen functional groups attached to an aromatic ring is 3. The zero-order valence-electron chi connectivity index (χ0n) is 8.13. The van der Waals surface area contributed by atoms with Crippen molar-refractivity contribution in [3.8, 4) is 0 Å². The largest absolute Gasteiger partial charge is 0.383 e. The molecule has 5 nitrogen and oxygen atoms in total. The van der Waals surface area contributed by atoms with Crippen LogP contribution in [-0.4, -0.2) is 9.97 Å². The predicted molar refractivity (Wildman–Crippen MR) is 54.0 cm³/mol. The molecule has 0 bridgehead atoms. The molecule has 0 aliphatic heterocycles. The van der Waals surface area contributed by atoms with Crippen LogP contribution in [0.3, 0.4) is 0 Å². The van der Waals surface area contributed by atoms with Gasteiger partial charge in [-0.3, -0.25) is 0 Å². The summed E-state index contributed by atoms with van der Waals surface area (Å²) in [4.78, 5) is 7.73. The van der Waals surface area contributed by atoms with Gasteiger partial charge in [-0.05, 0) is 5.41 Å². The molecule has 0 saturated carbocycles. The molecule has 0 amide bonds. The van der Waals surface area contributed by atoms with E-state index >= 15 is 0 Å². The fourth-order valence-corrected chi connectivity index (χ4v) is 1.28. The van der Waals surface area contributed by atoms with Crippen molar-refractivity contribution in [2.24, 2.45) is 0 Å². The minimum Gasteiger partial charge on any atom is -0.383 e. The van der Waals surface area contributed by atoms with Crippen molar-refractivity contribution in [3.05, 3.63) is 5.56 Å². The first kappa shape index (κ1) is 9.57. The lowest BCUT2D eigenvalue weighted by Crippen LogP contribution is -2.19. The first-order chi connectivity index (χ1) is 5.82. The molecule has 0 aliphatic rings. The van der Waals surface area contributed by atoms with E-state index in [2.05, 4.69) is 9.97 Å². The molecule has 13 heavy (non-hydrogen) atoms. The van der Waals surface area contributed by atoms with Gasteiger partial charge in [-0.2, -0.15) is 9.97 Å². The minimum atomic E-state index is -0.165. The number of hydrogen-bond donors (Lipinski definition) is 3. The summed E-state index contributed by atoms with van der Waals surface area (Å²) in [5.74, 6) is 0.831. The van der Waals surface area contributed by atoms with Gasteiger partial charge in [0.2, 0.25) is 5.95 Å². The second-order valence-electron chi connectivity index (χ2n) is 3.98. The number of nitrogens with two attached hydrogens (primary N) is 3. The van der Waals surface area contributed by atoms with Crippen molar-refractivity contribution >= 4 is 17.6 Å². The Balaban J connectivity index is 3.38. The summed E-state index contributed by atoms with van der Waals surface area (Å²) in [6.45, 7) is 5.98. The lowest BCUT2D eigenvalue weighted by Gasteiger charge is -2.21. The van der Waals surface area contributed by atoms with Crippen molar-refractivity contribution < 1.29 is 0 Å². The highest BCUT2D eigenvalue weighted by atomic mass is 15.1. The van der Waals surface area contributed by atoms with Crippen LogP contribution in [0.5, 0.6) is 0 Å². The molecule has 0 aromatic carbocycles. The second-order valence-corrected chi connectivity index (χ2v) is 3.98. The van der Waals surface area contributed by atoms with Gasteiger partial charge in [-0.15, -0.1) is 0 Å². The molecule has 1 aromatic heterocycles. The van der Waals surface area contributed by atoms with Gasteiger partial charge in [0.15, 0.2) is 0 Å². The number of nitrogens with zero attached hydrogens (tertiary/aromatic N) is 2. The Hall–Kier alpha value is -1.52. The van der Waals surface area contributed by atoms with E-state index in [-0.39, 0.29) is 11.4 Å². The van der Waals surface area contributed by atoms with Gasteiger partial charge in [-0.1, -0.05) is 20.8 Å². The molecule has 6 N–H and O–H groups in total. The monoisotopic (exact) mass is 181 g/mol. The third-order valence-corrected chi connectivity index (χ3v) is 1.73. The van der Waals surface area contributed by atoms with Crippen LogP contribution in [0.15, 0.2) is 0 Å². The Morgan fingerprint density at radius 3 is 1.62 bits per heavy atom. The van der Waals surface area contributed by atoms with E-state index in [0.717, 1.165) is 5.56 Å². The zero-order valence-corrected chi connectivity index (χ0v) is 8.13. The van der Waals surface area contributed by atoms with Crippen molar-refractivity contribution in [1.29, 1.82) is 0 Å². The smallest absolute Gasteiger partial charge is 0.223 e. The van der Waals surface area contributed by atoms with Crippen LogP contribution in [0.1, 0.15) is 26.3 Å². The van der Waals surface area contributed by atoms with E-state index in [0.29, 0.717) is 11.6 Å². The summed E-state index contributed by atoms with van der Waals surface area (Å²) >= 11 is 0. The molecule has 1 aromatic rings. The van der Waals surface area contributed by atoms with Crippen molar-refractivity contribution in [2.75, 3.05) is 17.2 Å². The summed E-state index contributed by atoms with van der Waals surface area (Å²) < 4.78 is 0. The van der Waals surface area contributed by atoms with Gasteiger partial charge in [0, 0.05) is 5.56 Å². The predicted octanol–water partition coefficient (Wildman–Crippen LogP) is 0.521. The van der Waals surface area contributed by atoms with Gasteiger partial charge in [0.05, 0.1) is 0 Å². The molecule has 0 aliphatic carbocycles. The van der Waals surface area contributed by atoms with Crippen LogP contribution in [0, 0.1) is 0 Å². The van der Waals surface area contributed by atoms with E-state index in [1.54, 1.807) is 0 Å². The molecule has 0 atom stereocenters. The first-order valence-electron chi connectivity index (χ1n) is 4.01. The molecule has 0 spiro atoms. The molecule has 0 unspecified atom stereocenters. The topological polar surface area (TPSA) is 104 Å². The van der Waals surface area contributed by atoms with Gasteiger partial charge >= 0.3 is 0 Å². The molecule has 0 saturated heterocycles. The van der Waals surface area contributed by atoms with E-state index in [1.807, 2.05) is 20.8 Å². The van der Waals surface area contributed by atoms with Gasteiger partial charge in [0.1, 0.15) is 11.6 Å². The van der Waals surface area contributed by atoms with Crippen LogP contribution in [-0.2, 0) is 5.41 Å². The maximum atomic E-state index is 5.70. The summed E-state index contributed by atoms with van der Waals surface area (Å²) in [5, 5.41) is 0. The Morgan fingerprint density at radius 1 is 0.923 bits per heavy atom. The minimum absolute atomic E-state index is 0.114. The van der Waals surface area contributed by atoms with Gasteiger partial charge in [-0.25, -0.2) is 0 Å². The van der Waals surface area contributed by atoms with Crippen LogP contribution in [0.25, 0.3) is 0 Å². The molecule has 5 heteroatoms. The molecule has 1 rings (SSSR count). The zero-order chi connectivity index (χ0) is 10.2. The Labute approximate surface area is 77.4 Å². The third-order valence-electron chi connectivity index (χ3n) is 1.73. The molecule has 72 valence electrons. The normalized spacial score (nSPS) is 11.6. The van der Waals surface area contributed by atoms with E-state index in [1.165, 1.54) is 0 Å². The quantitative estimate of drug-likeness (QED) is 0.541. The highest BCUT2D eigenvalue weighted by Gasteiger charge is 2.22. The van der Waals surface area contributed by atoms with Crippen LogP contribution in [0.2, 0.25) is 0 Å². The average Bonchev–Trinajstić information content (AvgIpc) is 1.78. The van der Waals surface area contributed by atoms with Crippen LogP contribution < -0.4 is 17.2 Å². The van der Waals surface area contributed by atoms with E-state index in [4.69, 9.17) is 17.2 Å². The van der Waals surface area contributed by atoms with Crippen LogP contribution >= 0.6 is 0 Å². The summed E-state index contributed by atoms with van der Waals surface area (Å²) in [7, 11) is 0. The second kappa shape index (κ2) is 2.76. The molecular weight excluding hydrogens is 166 g/mol. The van der Waals surface area contributed by atoms with Crippen molar-refractivity contribution in [3.63, 3.8) is 0 Å². The Bertz CT molecular complexity index is 303. The highest BCUT2D eigenvalue weighted by molar-refractivity contribution is 5.58. The lowest BCUT2D eigenvalue weighted by molar-refractivity contribution is 0.590. The molecule has 0 radical (unpaired) electrons. The van der Waals surface area contributed by atoms with Gasteiger partial charge in [0.25, 0.3) is 0 Å². The fraction of sp³-hybridized carbons (Fsp3) is 0.500. The lowest BCUT2D eigenvalue weighted by atomic mass is 9.87. The maximum Gasteiger partial charge on any atom is 0.223 e. The van der Waals surface area contributed by atoms with Crippen molar-refractivity contribution in [2.45, 2.75) is 26.2 Å². The molecular formula is C8H15N5. The standard InChI is InChI=1S/C8H15N5/c1-8(2,3)4-5(9)12-7(11)13-6(4)10/h1-3H3,(H6,9,10,11,12,13). The summed E-state index contributed by atoms with van der Waals surface area (Å²) in [6.07, 6.45) is 0. The van der Waals surface area contributed by atoms with E-state index in [9.17, 15) is 0 Å². The highest BCUT2D eigenvalue weighted by Crippen LogP contribution is 2.30. The van der Waals surface area contributed by atoms with E-state index < -0.39 is 0 Å². The number of anilines is 3. The fourth-order valence-electron chi connectivity index (χ4n) is 1.28. The molecule has 0 fully saturated rings. The number of aromatic nitrogens is 2. The van der Waals surface area contributed by atoms with Gasteiger partial charge < -0.3 is 17.2 Å². The SMILES string of the molecule is CC(C)(C)c1c(N)nc(N)nc1N. The summed E-state index contributed by atoms with van der Waals surface area (Å²) in [6, 6.07) is 0. The van der Waals surface area contributed by atoms with Crippen molar-refractivity contribution in [1.82, 2.24) is 9.97 Å².